The van der Waals surface area contributed by atoms with Crippen LogP contribution in [0.1, 0.15) is 31.7 Å². The quantitative estimate of drug-likeness (QED) is 0.638. The Kier molecular flexibility index (Phi) is 7.16. The molecule has 1 saturated heterocycles. The van der Waals surface area contributed by atoms with Crippen LogP contribution >= 0.6 is 11.6 Å². The molecule has 34 heavy (non-hydrogen) atoms. The maximum atomic E-state index is 13.3. The number of sulfonamides is 1. The lowest BCUT2D eigenvalue weighted by molar-refractivity contribution is -0.138. The first kappa shape index (κ1) is 24.5. The molecule has 0 atom stereocenters. The second-order valence-corrected chi connectivity index (χ2v) is 11.0. The van der Waals surface area contributed by atoms with Gasteiger partial charge >= 0.3 is 5.97 Å². The number of amides is 1. The Balaban J connectivity index is 1.45. The molecule has 4 rings (SSSR count). The number of nitrogens with zero attached hydrogens (tertiary/aromatic N) is 3. The summed E-state index contributed by atoms with van der Waals surface area (Å²) in [5.74, 6) is -1.28. The molecule has 1 fully saturated rings. The highest BCUT2D eigenvalue weighted by Crippen LogP contribution is 2.32. The Labute approximate surface area is 204 Å². The van der Waals surface area contributed by atoms with Gasteiger partial charge in [0.05, 0.1) is 11.3 Å². The highest BCUT2D eigenvalue weighted by atomic mass is 35.5. The maximum Gasteiger partial charge on any atom is 0.303 e. The van der Waals surface area contributed by atoms with Crippen LogP contribution in [-0.2, 0) is 26.0 Å². The van der Waals surface area contributed by atoms with Crippen LogP contribution in [0.25, 0.3) is 0 Å². The van der Waals surface area contributed by atoms with Crippen molar-refractivity contribution in [1.29, 1.82) is 0 Å². The number of rotatable bonds is 6. The molecule has 1 amide bonds. The Morgan fingerprint density at radius 2 is 1.79 bits per heavy atom. The fourth-order valence-electron chi connectivity index (χ4n) is 4.56. The van der Waals surface area contributed by atoms with E-state index in [1.54, 1.807) is 17.0 Å². The number of benzene rings is 1. The number of carboxylic acids is 1. The molecule has 2 aliphatic heterocycles. The van der Waals surface area contributed by atoms with Gasteiger partial charge in [0.2, 0.25) is 15.9 Å². The number of hydrogen-bond donors (Lipinski definition) is 1. The Hall–Kier alpha value is -2.62. The first-order valence-corrected chi connectivity index (χ1v) is 13.1. The van der Waals surface area contributed by atoms with E-state index in [1.165, 1.54) is 10.4 Å². The van der Waals surface area contributed by atoms with Gasteiger partial charge in [-0.25, -0.2) is 8.42 Å². The number of carbonyl (C=O) groups excluding carboxylic acids is 1. The molecule has 0 bridgehead atoms. The van der Waals surface area contributed by atoms with Gasteiger partial charge in [-0.2, -0.15) is 4.31 Å². The van der Waals surface area contributed by atoms with Crippen molar-refractivity contribution in [1.82, 2.24) is 9.21 Å². The summed E-state index contributed by atoms with van der Waals surface area (Å²) in [6.45, 7) is 4.33. The van der Waals surface area contributed by atoms with Crippen LogP contribution < -0.4 is 4.90 Å². The lowest BCUT2D eigenvalue weighted by Crippen LogP contribution is -2.48. The number of halogens is 1. The number of carbonyl (C=O) groups is 2. The zero-order chi connectivity index (χ0) is 24.5. The number of fused-ring (bicyclic) bond motifs is 1. The Bertz CT molecular complexity index is 1200. The molecule has 1 N–H and O–H groups in total. The van der Waals surface area contributed by atoms with E-state index in [1.807, 2.05) is 19.1 Å². The monoisotopic (exact) mass is 505 g/mol. The third kappa shape index (κ3) is 5.06. The van der Waals surface area contributed by atoms with Crippen LogP contribution in [0, 0.1) is 0 Å². The average Bonchev–Trinajstić information content (AvgIpc) is 3.16. The average molecular weight is 506 g/mol. The molecule has 1 aliphatic carbocycles. The summed E-state index contributed by atoms with van der Waals surface area (Å²) in [6.07, 6.45) is 7.02. The highest BCUT2D eigenvalue weighted by molar-refractivity contribution is 7.89. The van der Waals surface area contributed by atoms with Crippen molar-refractivity contribution in [2.75, 3.05) is 37.6 Å². The lowest BCUT2D eigenvalue weighted by Gasteiger charge is -2.37. The van der Waals surface area contributed by atoms with Crippen molar-refractivity contribution in [3.05, 3.63) is 58.3 Å². The molecule has 0 radical (unpaired) electrons. The van der Waals surface area contributed by atoms with Gasteiger partial charge in [0.1, 0.15) is 0 Å². The molecule has 10 heteroatoms. The maximum absolute atomic E-state index is 13.3. The molecule has 0 saturated carbocycles. The summed E-state index contributed by atoms with van der Waals surface area (Å²) in [7, 11) is -3.67. The summed E-state index contributed by atoms with van der Waals surface area (Å²) in [5, 5.41) is 9.51. The Morgan fingerprint density at radius 3 is 2.50 bits per heavy atom. The topological polar surface area (TPSA) is 98.2 Å². The van der Waals surface area contributed by atoms with Crippen LogP contribution in [-0.4, -0.2) is 67.3 Å². The third-order valence-corrected chi connectivity index (χ3v) is 8.59. The van der Waals surface area contributed by atoms with Gasteiger partial charge < -0.3 is 14.9 Å². The molecular formula is C24H28ClN3O5S. The van der Waals surface area contributed by atoms with E-state index in [0.29, 0.717) is 49.9 Å². The van der Waals surface area contributed by atoms with E-state index >= 15 is 0 Å². The van der Waals surface area contributed by atoms with E-state index in [2.05, 4.69) is 11.0 Å². The minimum atomic E-state index is -3.67. The zero-order valence-corrected chi connectivity index (χ0v) is 20.6. The minimum Gasteiger partial charge on any atom is -0.481 e. The van der Waals surface area contributed by atoms with Gasteiger partial charge in [0.25, 0.3) is 0 Å². The van der Waals surface area contributed by atoms with Gasteiger partial charge in [-0.15, -0.1) is 0 Å². The van der Waals surface area contributed by atoms with Crippen LogP contribution in [0.3, 0.4) is 0 Å². The largest absolute Gasteiger partial charge is 0.481 e. The molecule has 1 aromatic carbocycles. The number of anilines is 1. The summed E-state index contributed by atoms with van der Waals surface area (Å²) >= 11 is 6.26. The predicted molar refractivity (Wildman–Crippen MR) is 130 cm³/mol. The van der Waals surface area contributed by atoms with E-state index in [0.717, 1.165) is 23.3 Å². The molecule has 0 aromatic heterocycles. The predicted octanol–water partition coefficient (Wildman–Crippen LogP) is 3.10. The van der Waals surface area contributed by atoms with E-state index in [9.17, 15) is 18.0 Å². The highest BCUT2D eigenvalue weighted by Gasteiger charge is 2.32. The molecule has 8 nitrogen and oxygen atoms in total. The smallest absolute Gasteiger partial charge is 0.303 e. The van der Waals surface area contributed by atoms with Gasteiger partial charge in [0.15, 0.2) is 0 Å². The summed E-state index contributed by atoms with van der Waals surface area (Å²) < 4.78 is 28.2. The van der Waals surface area contributed by atoms with Crippen LogP contribution in [0.4, 0.5) is 5.69 Å². The van der Waals surface area contributed by atoms with Crippen LogP contribution in [0.5, 0.6) is 0 Å². The fraction of sp³-hybridized carbons (Fsp3) is 0.417. The summed E-state index contributed by atoms with van der Waals surface area (Å²) in [5.41, 5.74) is 3.60. The zero-order valence-electron chi connectivity index (χ0n) is 19.0. The second-order valence-electron chi connectivity index (χ2n) is 8.61. The van der Waals surface area contributed by atoms with E-state index in [-0.39, 0.29) is 23.6 Å². The van der Waals surface area contributed by atoms with Gasteiger partial charge in [-0.1, -0.05) is 23.8 Å². The molecule has 2 heterocycles. The van der Waals surface area contributed by atoms with Crippen LogP contribution in [0.15, 0.2) is 57.6 Å². The number of carboxylic acid groups (broad SMARTS) is 1. The number of piperazine rings is 1. The number of aliphatic carboxylic acids is 1. The standard InChI is InChI=1S/C24H28ClN3O5S/c1-17-3-2-4-19(25)16-22(17)26-11-13-27(14-12-26)34(32,33)20-5-6-21-18(15-20)9-10-28(21)23(29)7-8-24(30)31/h3-6,15-16H,2,7-14H2,1H3,(H,30,31). The molecule has 182 valence electrons. The van der Waals surface area contributed by atoms with E-state index in [4.69, 9.17) is 16.7 Å². The summed E-state index contributed by atoms with van der Waals surface area (Å²) in [4.78, 5) is 27.1. The second kappa shape index (κ2) is 9.93. The molecule has 3 aliphatic rings. The van der Waals surface area contributed by atoms with Gasteiger partial charge in [-0.05, 0) is 55.2 Å². The summed E-state index contributed by atoms with van der Waals surface area (Å²) in [6, 6.07) is 4.84. The lowest BCUT2D eigenvalue weighted by atomic mass is 10.1. The van der Waals surface area contributed by atoms with Crippen molar-refractivity contribution < 1.29 is 23.1 Å². The molecule has 0 unspecified atom stereocenters. The first-order chi connectivity index (χ1) is 16.2. The number of hydrogen-bond acceptors (Lipinski definition) is 5. The third-order valence-electron chi connectivity index (χ3n) is 6.43. The normalized spacial score (nSPS) is 19.2. The molecular weight excluding hydrogens is 478 g/mol. The Morgan fingerprint density at radius 1 is 1.06 bits per heavy atom. The SMILES string of the molecule is CC1=CCC=C(Cl)C=C1N1CCN(S(=O)(=O)c2ccc3c(c2)CCN3C(=O)CCC(=O)O)CC1. The minimum absolute atomic E-state index is 0.0782. The van der Waals surface area contributed by atoms with Crippen LogP contribution in [0.2, 0.25) is 0 Å². The van der Waals surface area contributed by atoms with Crippen molar-refractivity contribution >= 4 is 39.2 Å². The number of allylic oxidation sites excluding steroid dienone is 5. The molecule has 0 spiro atoms. The fourth-order valence-corrected chi connectivity index (χ4v) is 6.23. The van der Waals surface area contributed by atoms with Gasteiger partial charge in [-0.3, -0.25) is 9.59 Å². The van der Waals surface area contributed by atoms with E-state index < -0.39 is 16.0 Å². The molecule has 1 aromatic rings. The van der Waals surface area contributed by atoms with Gasteiger partial charge in [0, 0.05) is 55.6 Å². The van der Waals surface area contributed by atoms with Crippen molar-refractivity contribution in [3.8, 4) is 0 Å². The van der Waals surface area contributed by atoms with Crippen molar-refractivity contribution in [3.63, 3.8) is 0 Å². The van der Waals surface area contributed by atoms with Crippen molar-refractivity contribution in [2.24, 2.45) is 0 Å². The first-order valence-electron chi connectivity index (χ1n) is 11.3. The van der Waals surface area contributed by atoms with Crippen molar-refractivity contribution in [2.45, 2.75) is 37.5 Å².